The normalized spacial score (nSPS) is 22.9. The maximum atomic E-state index is 13.4. The van der Waals surface area contributed by atoms with Gasteiger partial charge in [0.2, 0.25) is 5.91 Å². The highest BCUT2D eigenvalue weighted by molar-refractivity contribution is 7.10. The Morgan fingerprint density at radius 1 is 1.32 bits per heavy atom. The molecule has 1 amide bonds. The molecule has 0 spiro atoms. The van der Waals surface area contributed by atoms with Crippen LogP contribution in [0.25, 0.3) is 0 Å². The van der Waals surface area contributed by atoms with Crippen LogP contribution in [0.5, 0.6) is 0 Å². The molecule has 2 aromatic rings. The van der Waals surface area contributed by atoms with Crippen LogP contribution in [0.2, 0.25) is 0 Å². The zero-order chi connectivity index (χ0) is 20.1. The Hall–Kier alpha value is -2.47. The van der Waals surface area contributed by atoms with Gasteiger partial charge in [-0.2, -0.15) is 0 Å². The predicted molar refractivity (Wildman–Crippen MR) is 113 cm³/mol. The first-order chi connectivity index (χ1) is 13.3. The summed E-state index contributed by atoms with van der Waals surface area (Å²) < 4.78 is 0. The van der Waals surface area contributed by atoms with E-state index < -0.39 is 5.41 Å². The summed E-state index contributed by atoms with van der Waals surface area (Å²) in [6, 6.07) is 7.88. The van der Waals surface area contributed by atoms with E-state index in [2.05, 4.69) is 42.5 Å². The average molecular weight is 396 g/mol. The minimum atomic E-state index is -0.543. The van der Waals surface area contributed by atoms with Crippen molar-refractivity contribution in [3.63, 3.8) is 0 Å². The molecule has 1 aromatic carbocycles. The highest BCUT2D eigenvalue weighted by Crippen LogP contribution is 2.55. The maximum absolute atomic E-state index is 13.4. The van der Waals surface area contributed by atoms with Crippen LogP contribution >= 0.6 is 11.3 Å². The van der Waals surface area contributed by atoms with Crippen molar-refractivity contribution in [1.29, 1.82) is 0 Å². The maximum Gasteiger partial charge on any atom is 0.221 e. The number of hydrogen-bond acceptors (Lipinski definition) is 5. The van der Waals surface area contributed by atoms with E-state index in [9.17, 15) is 9.59 Å². The van der Waals surface area contributed by atoms with E-state index >= 15 is 0 Å². The van der Waals surface area contributed by atoms with Gasteiger partial charge < -0.3 is 10.6 Å². The number of fused-ring (bicyclic) bond motifs is 1. The van der Waals surface area contributed by atoms with Crippen LogP contribution in [0.3, 0.4) is 0 Å². The first kappa shape index (κ1) is 18.9. The molecule has 6 heteroatoms. The smallest absolute Gasteiger partial charge is 0.221 e. The number of carbonyl (C=O) groups is 2. The van der Waals surface area contributed by atoms with Crippen molar-refractivity contribution < 1.29 is 9.59 Å². The lowest BCUT2D eigenvalue weighted by Crippen LogP contribution is -2.43. The number of anilines is 2. The van der Waals surface area contributed by atoms with E-state index in [1.54, 1.807) is 11.3 Å². The minimum absolute atomic E-state index is 0.0754. The number of allylic oxidation sites excluding steroid dienone is 2. The zero-order valence-corrected chi connectivity index (χ0v) is 17.5. The quantitative estimate of drug-likeness (QED) is 0.778. The number of aromatic nitrogens is 1. The highest BCUT2D eigenvalue weighted by Gasteiger charge is 2.50. The monoisotopic (exact) mass is 395 g/mol. The fraction of sp³-hybridized carbons (Fsp3) is 0.409. The molecular formula is C22H25N3O2S. The van der Waals surface area contributed by atoms with Gasteiger partial charge in [0.05, 0.1) is 15.8 Å². The molecule has 1 aromatic heterocycles. The van der Waals surface area contributed by atoms with Crippen molar-refractivity contribution >= 4 is 34.5 Å². The fourth-order valence-electron chi connectivity index (χ4n) is 4.70. The molecule has 0 radical (unpaired) electrons. The van der Waals surface area contributed by atoms with Crippen LogP contribution in [-0.2, 0) is 15.0 Å². The summed E-state index contributed by atoms with van der Waals surface area (Å²) in [7, 11) is 0. The number of thiazole rings is 1. The molecule has 28 heavy (non-hydrogen) atoms. The van der Waals surface area contributed by atoms with Crippen LogP contribution < -0.4 is 10.6 Å². The molecule has 5 nitrogen and oxygen atoms in total. The summed E-state index contributed by atoms with van der Waals surface area (Å²) in [5.74, 6) is 0.937. The van der Waals surface area contributed by atoms with Gasteiger partial charge in [-0.3, -0.25) is 9.59 Å². The predicted octanol–water partition coefficient (Wildman–Crippen LogP) is 4.87. The number of carbonyl (C=O) groups excluding carboxylic acids is 2. The van der Waals surface area contributed by atoms with Crippen LogP contribution in [0.15, 0.2) is 41.0 Å². The van der Waals surface area contributed by atoms with Crippen molar-refractivity contribution in [2.75, 3.05) is 10.6 Å². The Labute approximate surface area is 169 Å². The van der Waals surface area contributed by atoms with E-state index in [1.165, 1.54) is 6.92 Å². The molecular weight excluding hydrogens is 370 g/mol. The summed E-state index contributed by atoms with van der Waals surface area (Å²) in [5.41, 5.74) is 4.85. The number of hydrogen-bond donors (Lipinski definition) is 2. The second kappa shape index (κ2) is 6.55. The molecule has 4 rings (SSSR count). The Bertz CT molecular complexity index is 1000. The van der Waals surface area contributed by atoms with Crippen LogP contribution in [0, 0.1) is 5.41 Å². The number of rotatable bonds is 3. The number of amides is 1. The van der Waals surface area contributed by atoms with Gasteiger partial charge in [0, 0.05) is 30.3 Å². The Morgan fingerprint density at radius 3 is 2.82 bits per heavy atom. The zero-order valence-electron chi connectivity index (χ0n) is 16.7. The Kier molecular flexibility index (Phi) is 4.42. The lowest BCUT2D eigenvalue weighted by atomic mass is 9.62. The molecule has 1 aliphatic heterocycles. The summed E-state index contributed by atoms with van der Waals surface area (Å²) in [4.78, 5) is 30.6. The number of nitrogens with one attached hydrogen (secondary N) is 2. The van der Waals surface area contributed by atoms with Crippen LogP contribution in [-0.4, -0.2) is 16.7 Å². The summed E-state index contributed by atoms with van der Waals surface area (Å²) >= 11 is 1.58. The van der Waals surface area contributed by atoms with E-state index in [0.29, 0.717) is 6.42 Å². The summed E-state index contributed by atoms with van der Waals surface area (Å²) in [6.45, 7) is 7.90. The minimum Gasteiger partial charge on any atom is -0.342 e. The topological polar surface area (TPSA) is 71.1 Å². The number of benzene rings is 1. The molecule has 0 bridgehead atoms. The first-order valence-electron chi connectivity index (χ1n) is 9.63. The Balaban J connectivity index is 1.97. The lowest BCUT2D eigenvalue weighted by molar-refractivity contribution is -0.118. The molecule has 0 saturated heterocycles. The van der Waals surface area contributed by atoms with Gasteiger partial charge >= 0.3 is 0 Å². The van der Waals surface area contributed by atoms with Crippen molar-refractivity contribution in [3.05, 3.63) is 51.5 Å². The first-order valence-corrected chi connectivity index (χ1v) is 10.5. The molecule has 0 saturated carbocycles. The van der Waals surface area contributed by atoms with Crippen molar-refractivity contribution in [3.8, 4) is 0 Å². The molecule has 0 fully saturated rings. The van der Waals surface area contributed by atoms with E-state index in [0.717, 1.165) is 46.1 Å². The van der Waals surface area contributed by atoms with Crippen molar-refractivity contribution in [2.24, 2.45) is 5.41 Å². The largest absolute Gasteiger partial charge is 0.342 e. The van der Waals surface area contributed by atoms with Crippen molar-refractivity contribution in [2.45, 2.75) is 52.4 Å². The standard InChI is InChI=1S/C22H25N3O2S/c1-5-22(14-7-6-8-15(9-14)24-13(2)26)18-16(10-21(3,4)11-17(18)27)25-20-19(22)28-12-23-20/h6-9,12,25H,5,10-11H2,1-4H3,(H,24,26). The summed E-state index contributed by atoms with van der Waals surface area (Å²) in [5, 5.41) is 6.33. The van der Waals surface area contributed by atoms with Crippen LogP contribution in [0.1, 0.15) is 57.4 Å². The summed E-state index contributed by atoms with van der Waals surface area (Å²) in [6.07, 6.45) is 2.10. The van der Waals surface area contributed by atoms with Gasteiger partial charge in [0.1, 0.15) is 5.82 Å². The third-order valence-corrected chi connectivity index (χ3v) is 6.72. The Morgan fingerprint density at radius 2 is 2.11 bits per heavy atom. The van der Waals surface area contributed by atoms with Gasteiger partial charge in [-0.1, -0.05) is 32.9 Å². The highest BCUT2D eigenvalue weighted by atomic mass is 32.1. The molecule has 1 aliphatic carbocycles. The third kappa shape index (κ3) is 2.87. The van der Waals surface area contributed by atoms with E-state index in [4.69, 9.17) is 0 Å². The molecule has 1 atom stereocenters. The van der Waals surface area contributed by atoms with Gasteiger partial charge in [0.15, 0.2) is 5.78 Å². The molecule has 2 heterocycles. The second-order valence-electron chi connectivity index (χ2n) is 8.47. The molecule has 2 N–H and O–H groups in total. The molecule has 146 valence electrons. The van der Waals surface area contributed by atoms with Gasteiger partial charge in [-0.05, 0) is 36.0 Å². The van der Waals surface area contributed by atoms with Gasteiger partial charge in [-0.25, -0.2) is 4.98 Å². The van der Waals surface area contributed by atoms with Crippen molar-refractivity contribution in [1.82, 2.24) is 4.98 Å². The second-order valence-corrected chi connectivity index (χ2v) is 9.33. The van der Waals surface area contributed by atoms with E-state index in [-0.39, 0.29) is 17.1 Å². The van der Waals surface area contributed by atoms with E-state index in [1.807, 2.05) is 23.7 Å². The third-order valence-electron chi connectivity index (χ3n) is 5.73. The number of ketones is 1. The SMILES string of the molecule is CCC1(c2cccc(NC(C)=O)c2)C2=C(CC(C)(C)CC2=O)Nc2ncsc21. The molecule has 1 unspecified atom stereocenters. The average Bonchev–Trinajstić information content (AvgIpc) is 3.07. The molecule has 2 aliphatic rings. The lowest BCUT2D eigenvalue weighted by Gasteiger charge is -2.44. The van der Waals surface area contributed by atoms with Crippen LogP contribution in [0.4, 0.5) is 11.5 Å². The van der Waals surface area contributed by atoms with Gasteiger partial charge in [0.25, 0.3) is 0 Å². The number of nitrogens with zero attached hydrogens (tertiary/aromatic N) is 1. The number of Topliss-reactive ketones (excluding diaryl/α,β-unsaturated/α-hetero) is 1. The van der Waals surface area contributed by atoms with Gasteiger partial charge in [-0.15, -0.1) is 11.3 Å². The fourth-order valence-corrected chi connectivity index (χ4v) is 5.74.